The summed E-state index contributed by atoms with van der Waals surface area (Å²) in [6.07, 6.45) is 23.9. The van der Waals surface area contributed by atoms with Gasteiger partial charge in [-0.3, -0.25) is 0 Å². The molecule has 242 valence electrons. The minimum atomic E-state index is -0.907. The number of rotatable bonds is 23. The largest absolute Gasteiger partial charge is 0.376 e. The van der Waals surface area contributed by atoms with Gasteiger partial charge in [0.25, 0.3) is 0 Å². The predicted molar refractivity (Wildman–Crippen MR) is 168 cm³/mol. The second kappa shape index (κ2) is 18.5. The molecule has 1 unspecified atom stereocenters. The zero-order chi connectivity index (χ0) is 29.4. The van der Waals surface area contributed by atoms with Gasteiger partial charge in [-0.25, -0.2) is 0 Å². The van der Waals surface area contributed by atoms with E-state index in [0.29, 0.717) is 13.2 Å². The van der Waals surface area contributed by atoms with E-state index in [4.69, 9.17) is 23.7 Å². The third kappa shape index (κ3) is 11.0. The molecule has 0 aliphatic carbocycles. The van der Waals surface area contributed by atoms with Crippen molar-refractivity contribution in [1.29, 1.82) is 0 Å². The van der Waals surface area contributed by atoms with Crippen LogP contribution in [0.2, 0.25) is 0 Å². The standard InChI is InChI=1S/C35H67NO5/c1-6-8-10-12-13-14-15-16-18-23-28-37-30-35-32(40-33(4,5)41-35)34(31(3)39-35,24-20-17-11-9-7-2)38-29-27-36-25-21-19-22-26-36/h31-32H,6-30H2,1-5H3/t31-,32-,34?,35-/m0/s1. The van der Waals surface area contributed by atoms with Gasteiger partial charge in [0, 0.05) is 13.2 Å². The van der Waals surface area contributed by atoms with Gasteiger partial charge in [-0.15, -0.1) is 0 Å². The van der Waals surface area contributed by atoms with Crippen LogP contribution in [-0.2, 0) is 23.7 Å². The van der Waals surface area contributed by atoms with Crippen LogP contribution in [0, 0.1) is 0 Å². The first-order valence-electron chi connectivity index (χ1n) is 17.9. The molecule has 0 N–H and O–H groups in total. The fraction of sp³-hybridized carbons (Fsp3) is 1.00. The average Bonchev–Trinajstić information content (AvgIpc) is 3.33. The summed E-state index contributed by atoms with van der Waals surface area (Å²) < 4.78 is 33.2. The number of likely N-dealkylation sites (tertiary alicyclic amines) is 1. The minimum Gasteiger partial charge on any atom is -0.376 e. The molecule has 4 atom stereocenters. The minimum absolute atomic E-state index is 0.114. The number of piperidine rings is 1. The fourth-order valence-electron chi connectivity index (χ4n) is 7.23. The molecule has 6 heteroatoms. The fourth-order valence-corrected chi connectivity index (χ4v) is 7.23. The molecule has 0 aromatic carbocycles. The maximum absolute atomic E-state index is 6.93. The van der Waals surface area contributed by atoms with E-state index in [1.807, 2.05) is 13.8 Å². The summed E-state index contributed by atoms with van der Waals surface area (Å²) in [5.74, 6) is -1.63. The first kappa shape index (κ1) is 35.2. The SMILES string of the molecule is CCCCCCCCCCCCOC[C@@]12O[C@@H](C)C(CCCCCCC)(OCCN3CCCCC3)[C@@H]1OC(C)(C)O2. The van der Waals surface area contributed by atoms with Gasteiger partial charge in [-0.2, -0.15) is 0 Å². The molecule has 0 saturated carbocycles. The van der Waals surface area contributed by atoms with Crippen LogP contribution in [0.25, 0.3) is 0 Å². The Balaban J connectivity index is 1.52. The molecule has 3 fully saturated rings. The van der Waals surface area contributed by atoms with Crippen molar-refractivity contribution in [2.45, 2.75) is 186 Å². The summed E-state index contributed by atoms with van der Waals surface area (Å²) in [6.45, 7) is 15.9. The molecule has 3 heterocycles. The summed E-state index contributed by atoms with van der Waals surface area (Å²) in [7, 11) is 0. The van der Waals surface area contributed by atoms with Crippen LogP contribution in [-0.4, -0.2) is 73.7 Å². The highest BCUT2D eigenvalue weighted by atomic mass is 16.9. The van der Waals surface area contributed by atoms with Gasteiger partial charge in [0.05, 0.1) is 12.7 Å². The molecule has 3 aliphatic rings. The molecule has 0 aromatic heterocycles. The van der Waals surface area contributed by atoms with Crippen molar-refractivity contribution < 1.29 is 23.7 Å². The van der Waals surface area contributed by atoms with Crippen molar-refractivity contribution in [3.8, 4) is 0 Å². The second-order valence-corrected chi connectivity index (χ2v) is 13.7. The molecule has 0 amide bonds. The lowest BCUT2D eigenvalue weighted by molar-refractivity contribution is -0.281. The quantitative estimate of drug-likeness (QED) is 0.112. The molecule has 0 bridgehead atoms. The monoisotopic (exact) mass is 582 g/mol. The Morgan fingerprint density at radius 3 is 1.93 bits per heavy atom. The molecule has 3 saturated heterocycles. The Hall–Kier alpha value is -0.240. The highest BCUT2D eigenvalue weighted by Crippen LogP contribution is 2.53. The van der Waals surface area contributed by atoms with E-state index in [0.717, 1.165) is 32.4 Å². The second-order valence-electron chi connectivity index (χ2n) is 13.7. The molecular formula is C35H67NO5. The van der Waals surface area contributed by atoms with Crippen LogP contribution >= 0.6 is 0 Å². The molecular weight excluding hydrogens is 514 g/mol. The molecule has 0 spiro atoms. The maximum Gasteiger partial charge on any atom is 0.225 e. The lowest BCUT2D eigenvalue weighted by Gasteiger charge is -2.38. The van der Waals surface area contributed by atoms with E-state index in [1.54, 1.807) is 0 Å². The van der Waals surface area contributed by atoms with E-state index >= 15 is 0 Å². The van der Waals surface area contributed by atoms with Gasteiger partial charge in [-0.1, -0.05) is 110 Å². The van der Waals surface area contributed by atoms with Crippen LogP contribution in [0.4, 0.5) is 0 Å². The van der Waals surface area contributed by atoms with Crippen molar-refractivity contribution >= 4 is 0 Å². The summed E-state index contributed by atoms with van der Waals surface area (Å²) in [5, 5.41) is 0. The Morgan fingerprint density at radius 1 is 0.707 bits per heavy atom. The van der Waals surface area contributed by atoms with Gasteiger partial charge in [-0.05, 0) is 59.5 Å². The normalized spacial score (nSPS) is 29.8. The molecule has 41 heavy (non-hydrogen) atoms. The van der Waals surface area contributed by atoms with Gasteiger partial charge in [0.2, 0.25) is 5.79 Å². The predicted octanol–water partition coefficient (Wildman–Crippen LogP) is 8.79. The summed E-state index contributed by atoms with van der Waals surface area (Å²) in [6, 6.07) is 0. The Labute approximate surface area is 253 Å². The molecule has 3 rings (SSSR count). The Bertz CT molecular complexity index is 683. The zero-order valence-electron chi connectivity index (χ0n) is 27.8. The summed E-state index contributed by atoms with van der Waals surface area (Å²) in [5.41, 5.74) is -0.518. The topological polar surface area (TPSA) is 49.4 Å². The summed E-state index contributed by atoms with van der Waals surface area (Å²) >= 11 is 0. The first-order chi connectivity index (χ1) is 19.9. The molecule has 0 aromatic rings. The Kier molecular flexibility index (Phi) is 15.9. The number of hydrogen-bond acceptors (Lipinski definition) is 6. The highest BCUT2D eigenvalue weighted by Gasteiger charge is 2.71. The third-order valence-electron chi connectivity index (χ3n) is 9.57. The van der Waals surface area contributed by atoms with Crippen LogP contribution < -0.4 is 0 Å². The lowest BCUT2D eigenvalue weighted by Crippen LogP contribution is -2.54. The van der Waals surface area contributed by atoms with Crippen LogP contribution in [0.5, 0.6) is 0 Å². The Morgan fingerprint density at radius 2 is 1.29 bits per heavy atom. The van der Waals surface area contributed by atoms with Crippen molar-refractivity contribution in [2.75, 3.05) is 39.5 Å². The molecule has 6 nitrogen and oxygen atoms in total. The van der Waals surface area contributed by atoms with Crippen molar-refractivity contribution in [2.24, 2.45) is 0 Å². The molecule has 0 radical (unpaired) electrons. The zero-order valence-corrected chi connectivity index (χ0v) is 27.8. The van der Waals surface area contributed by atoms with E-state index in [-0.39, 0.29) is 12.2 Å². The van der Waals surface area contributed by atoms with Crippen molar-refractivity contribution in [3.63, 3.8) is 0 Å². The van der Waals surface area contributed by atoms with E-state index in [1.165, 1.54) is 116 Å². The van der Waals surface area contributed by atoms with Gasteiger partial charge in [0.1, 0.15) is 18.3 Å². The van der Waals surface area contributed by atoms with E-state index in [9.17, 15) is 0 Å². The maximum atomic E-state index is 6.93. The van der Waals surface area contributed by atoms with E-state index in [2.05, 4.69) is 25.7 Å². The number of fused-ring (bicyclic) bond motifs is 1. The summed E-state index contributed by atoms with van der Waals surface area (Å²) in [4.78, 5) is 2.55. The van der Waals surface area contributed by atoms with Crippen LogP contribution in [0.15, 0.2) is 0 Å². The average molecular weight is 582 g/mol. The van der Waals surface area contributed by atoms with Gasteiger partial charge in [0.15, 0.2) is 5.79 Å². The van der Waals surface area contributed by atoms with Crippen molar-refractivity contribution in [1.82, 2.24) is 4.90 Å². The number of nitrogens with zero attached hydrogens (tertiary/aromatic N) is 1. The number of ether oxygens (including phenoxy) is 5. The van der Waals surface area contributed by atoms with Crippen LogP contribution in [0.3, 0.4) is 0 Å². The van der Waals surface area contributed by atoms with Crippen molar-refractivity contribution in [3.05, 3.63) is 0 Å². The number of hydrogen-bond donors (Lipinski definition) is 0. The van der Waals surface area contributed by atoms with Gasteiger partial charge < -0.3 is 28.6 Å². The van der Waals surface area contributed by atoms with E-state index < -0.39 is 17.2 Å². The lowest BCUT2D eigenvalue weighted by atomic mass is 9.84. The highest BCUT2D eigenvalue weighted by molar-refractivity contribution is 5.12. The smallest absolute Gasteiger partial charge is 0.225 e. The first-order valence-corrected chi connectivity index (χ1v) is 17.9. The van der Waals surface area contributed by atoms with Gasteiger partial charge >= 0.3 is 0 Å². The number of unbranched alkanes of at least 4 members (excludes halogenated alkanes) is 13. The van der Waals surface area contributed by atoms with Crippen LogP contribution in [0.1, 0.15) is 157 Å². The third-order valence-corrected chi connectivity index (χ3v) is 9.57. The molecule has 3 aliphatic heterocycles.